The van der Waals surface area contributed by atoms with E-state index in [1.54, 1.807) is 11.3 Å². The second kappa shape index (κ2) is 11.3. The molecule has 0 spiro atoms. The van der Waals surface area contributed by atoms with Gasteiger partial charge in [-0.3, -0.25) is 0 Å². The van der Waals surface area contributed by atoms with E-state index in [9.17, 15) is 4.79 Å². The number of fused-ring (bicyclic) bond motifs is 1. The number of anilines is 1. The van der Waals surface area contributed by atoms with Crippen molar-refractivity contribution in [3.8, 4) is 11.5 Å². The highest BCUT2D eigenvalue weighted by Gasteiger charge is 2.25. The van der Waals surface area contributed by atoms with Crippen LogP contribution in [0.4, 0.5) is 5.00 Å². The fourth-order valence-electron chi connectivity index (χ4n) is 3.68. The molecule has 8 heteroatoms. The summed E-state index contributed by atoms with van der Waals surface area (Å²) in [6.07, 6.45) is 5.34. The standard InChI is InChI=1S/C23H30N2O4S2/c1-4-28-17-12-11-15(13-18(17)29-5-2)14-24-23(30)25-21-20(22(26)27-3)16-9-7-6-8-10-19(16)31-21/h11-13H,4-10,14H2,1-3H3,(H2,24,25,30). The van der Waals surface area contributed by atoms with Crippen LogP contribution >= 0.6 is 23.6 Å². The van der Waals surface area contributed by atoms with E-state index in [0.717, 1.165) is 53.3 Å². The number of carbonyl (C=O) groups is 1. The minimum absolute atomic E-state index is 0.308. The first kappa shape index (κ1) is 23.3. The first-order valence-electron chi connectivity index (χ1n) is 10.7. The lowest BCUT2D eigenvalue weighted by molar-refractivity contribution is 0.0601. The number of methoxy groups -OCH3 is 1. The second-order valence-corrected chi connectivity index (χ2v) is 8.73. The van der Waals surface area contributed by atoms with E-state index in [2.05, 4.69) is 10.6 Å². The quantitative estimate of drug-likeness (QED) is 0.322. The molecule has 0 fully saturated rings. The summed E-state index contributed by atoms with van der Waals surface area (Å²) in [7, 11) is 1.42. The Morgan fingerprint density at radius 2 is 1.84 bits per heavy atom. The van der Waals surface area contributed by atoms with Crippen LogP contribution in [-0.2, 0) is 24.1 Å². The minimum Gasteiger partial charge on any atom is -0.490 e. The monoisotopic (exact) mass is 462 g/mol. The van der Waals surface area contributed by atoms with Gasteiger partial charge in [-0.25, -0.2) is 4.79 Å². The van der Waals surface area contributed by atoms with E-state index in [1.165, 1.54) is 18.4 Å². The molecule has 0 bridgehead atoms. The van der Waals surface area contributed by atoms with Gasteiger partial charge in [0, 0.05) is 11.4 Å². The number of nitrogens with one attached hydrogen (secondary N) is 2. The summed E-state index contributed by atoms with van der Waals surface area (Å²) in [6, 6.07) is 5.85. The predicted molar refractivity (Wildman–Crippen MR) is 129 cm³/mol. The predicted octanol–water partition coefficient (Wildman–Crippen LogP) is 5.09. The molecule has 1 aliphatic rings. The van der Waals surface area contributed by atoms with Crippen molar-refractivity contribution in [1.82, 2.24) is 5.32 Å². The van der Waals surface area contributed by atoms with Crippen molar-refractivity contribution in [2.24, 2.45) is 0 Å². The van der Waals surface area contributed by atoms with Gasteiger partial charge < -0.3 is 24.8 Å². The Morgan fingerprint density at radius 1 is 1.10 bits per heavy atom. The molecule has 0 atom stereocenters. The highest BCUT2D eigenvalue weighted by molar-refractivity contribution is 7.80. The molecule has 1 aromatic heterocycles. The topological polar surface area (TPSA) is 68.8 Å². The highest BCUT2D eigenvalue weighted by atomic mass is 32.1. The molecule has 0 radical (unpaired) electrons. The van der Waals surface area contributed by atoms with E-state index in [4.69, 9.17) is 26.4 Å². The molecule has 0 saturated carbocycles. The number of hydrogen-bond acceptors (Lipinski definition) is 6. The van der Waals surface area contributed by atoms with Gasteiger partial charge in [0.1, 0.15) is 5.00 Å². The highest BCUT2D eigenvalue weighted by Crippen LogP contribution is 2.38. The van der Waals surface area contributed by atoms with E-state index >= 15 is 0 Å². The Bertz CT molecular complexity index is 927. The van der Waals surface area contributed by atoms with Crippen molar-refractivity contribution in [2.75, 3.05) is 25.6 Å². The van der Waals surface area contributed by atoms with E-state index in [1.807, 2.05) is 32.0 Å². The molecule has 0 aliphatic heterocycles. The lowest BCUT2D eigenvalue weighted by atomic mass is 10.1. The molecule has 1 aromatic carbocycles. The molecule has 1 aliphatic carbocycles. The Labute approximate surface area is 193 Å². The van der Waals surface area contributed by atoms with E-state index in [0.29, 0.717) is 30.4 Å². The summed E-state index contributed by atoms with van der Waals surface area (Å²) >= 11 is 7.12. The Balaban J connectivity index is 1.70. The van der Waals surface area contributed by atoms with Gasteiger partial charge in [-0.2, -0.15) is 0 Å². The zero-order valence-electron chi connectivity index (χ0n) is 18.3. The maximum atomic E-state index is 12.5. The third kappa shape index (κ3) is 5.89. The van der Waals surface area contributed by atoms with Crippen LogP contribution in [0, 0.1) is 0 Å². The number of esters is 1. The van der Waals surface area contributed by atoms with Crippen molar-refractivity contribution in [1.29, 1.82) is 0 Å². The van der Waals surface area contributed by atoms with Crippen LogP contribution in [-0.4, -0.2) is 31.4 Å². The smallest absolute Gasteiger partial charge is 0.341 e. The number of hydrogen-bond donors (Lipinski definition) is 2. The number of benzene rings is 1. The summed E-state index contributed by atoms with van der Waals surface area (Å²) in [5.41, 5.74) is 2.77. The second-order valence-electron chi connectivity index (χ2n) is 7.21. The number of rotatable bonds is 8. The zero-order valence-corrected chi connectivity index (χ0v) is 20.0. The molecule has 0 saturated heterocycles. The third-order valence-corrected chi connectivity index (χ3v) is 6.55. The summed E-state index contributed by atoms with van der Waals surface area (Å²) in [6.45, 7) is 5.56. The molecule has 0 unspecified atom stereocenters. The Hall–Kier alpha value is -2.32. The maximum Gasteiger partial charge on any atom is 0.341 e. The molecular weight excluding hydrogens is 432 g/mol. The Kier molecular flexibility index (Phi) is 8.54. The Morgan fingerprint density at radius 3 is 2.58 bits per heavy atom. The van der Waals surface area contributed by atoms with E-state index in [-0.39, 0.29) is 5.97 Å². The zero-order chi connectivity index (χ0) is 22.2. The third-order valence-electron chi connectivity index (χ3n) is 5.10. The molecule has 168 valence electrons. The van der Waals surface area contributed by atoms with Gasteiger partial charge in [-0.05, 0) is 75.0 Å². The van der Waals surface area contributed by atoms with Crippen LogP contribution in [0.25, 0.3) is 0 Å². The fraction of sp³-hybridized carbons (Fsp3) is 0.478. The number of thiophene rings is 1. The first-order valence-corrected chi connectivity index (χ1v) is 12.0. The summed E-state index contributed by atoms with van der Waals surface area (Å²) < 4.78 is 16.4. The molecule has 2 aromatic rings. The van der Waals surface area contributed by atoms with Crippen LogP contribution in [0.3, 0.4) is 0 Å². The largest absolute Gasteiger partial charge is 0.490 e. The molecule has 3 rings (SSSR count). The number of aryl methyl sites for hydroxylation is 1. The average Bonchev–Trinajstić information content (AvgIpc) is 2.93. The summed E-state index contributed by atoms with van der Waals surface area (Å²) in [5.74, 6) is 1.15. The molecule has 2 N–H and O–H groups in total. The molecule has 0 amide bonds. The van der Waals surface area contributed by atoms with Gasteiger partial charge in [0.25, 0.3) is 0 Å². The maximum absolute atomic E-state index is 12.5. The van der Waals surface area contributed by atoms with Crippen LogP contribution in [0.15, 0.2) is 18.2 Å². The lowest BCUT2D eigenvalue weighted by Crippen LogP contribution is -2.28. The van der Waals surface area contributed by atoms with Crippen LogP contribution in [0.1, 0.15) is 59.5 Å². The van der Waals surface area contributed by atoms with Gasteiger partial charge in [-0.1, -0.05) is 12.5 Å². The van der Waals surface area contributed by atoms with Crippen molar-refractivity contribution in [2.45, 2.75) is 52.5 Å². The van der Waals surface area contributed by atoms with Gasteiger partial charge >= 0.3 is 5.97 Å². The fourth-order valence-corrected chi connectivity index (χ4v) is 5.20. The lowest BCUT2D eigenvalue weighted by Gasteiger charge is -2.14. The first-order chi connectivity index (χ1) is 15.1. The summed E-state index contributed by atoms with van der Waals surface area (Å²) in [4.78, 5) is 13.7. The molecule has 6 nitrogen and oxygen atoms in total. The van der Waals surface area contributed by atoms with Gasteiger partial charge in [0.2, 0.25) is 0 Å². The molecular formula is C23H30N2O4S2. The van der Waals surface area contributed by atoms with Gasteiger partial charge in [0.15, 0.2) is 16.6 Å². The van der Waals surface area contributed by atoms with Gasteiger partial charge in [0.05, 0.1) is 25.9 Å². The van der Waals surface area contributed by atoms with Crippen LogP contribution in [0.5, 0.6) is 11.5 Å². The van der Waals surface area contributed by atoms with Crippen molar-refractivity contribution in [3.05, 3.63) is 39.8 Å². The summed E-state index contributed by atoms with van der Waals surface area (Å²) in [5, 5.41) is 7.68. The van der Waals surface area contributed by atoms with Crippen molar-refractivity contribution >= 4 is 39.6 Å². The molecule has 1 heterocycles. The number of carbonyl (C=O) groups excluding carboxylic acids is 1. The molecule has 31 heavy (non-hydrogen) atoms. The minimum atomic E-state index is -0.308. The van der Waals surface area contributed by atoms with Crippen molar-refractivity contribution < 1.29 is 19.0 Å². The van der Waals surface area contributed by atoms with Crippen molar-refractivity contribution in [3.63, 3.8) is 0 Å². The number of thiocarbonyl (C=S) groups is 1. The normalized spacial score (nSPS) is 13.0. The SMILES string of the molecule is CCOc1ccc(CNC(=S)Nc2sc3c(c2C(=O)OC)CCCCC3)cc1OCC. The van der Waals surface area contributed by atoms with Crippen LogP contribution in [0.2, 0.25) is 0 Å². The number of ether oxygens (including phenoxy) is 3. The average molecular weight is 463 g/mol. The van der Waals surface area contributed by atoms with Gasteiger partial charge in [-0.15, -0.1) is 11.3 Å². The van der Waals surface area contributed by atoms with Crippen LogP contribution < -0.4 is 20.1 Å². The van der Waals surface area contributed by atoms with E-state index < -0.39 is 0 Å².